The molecule has 8 heteroatoms. The maximum absolute atomic E-state index is 11.6. The van der Waals surface area contributed by atoms with Crippen LogP contribution in [-0.2, 0) is 9.59 Å². The van der Waals surface area contributed by atoms with Gasteiger partial charge in [-0.1, -0.05) is 0 Å². The minimum absolute atomic E-state index is 0.204. The highest BCUT2D eigenvalue weighted by atomic mass is 16.2. The van der Waals surface area contributed by atoms with Gasteiger partial charge in [0.25, 0.3) is 0 Å². The van der Waals surface area contributed by atoms with Crippen molar-refractivity contribution in [1.82, 2.24) is 20.8 Å². The standard InChI is InChI=1S/C17H18N6O2/c24-16(22-20-12-14-4-8-18-9-5-14)2-1-3-17(25)23-21-13-15-6-10-19-11-7-15/h4-13H,1-3H2,(H,22,24)(H,23,25). The van der Waals surface area contributed by atoms with Crippen LogP contribution in [0.25, 0.3) is 0 Å². The molecule has 0 saturated carbocycles. The summed E-state index contributed by atoms with van der Waals surface area (Å²) in [4.78, 5) is 31.0. The highest BCUT2D eigenvalue weighted by molar-refractivity contribution is 5.83. The van der Waals surface area contributed by atoms with Crippen LogP contribution >= 0.6 is 0 Å². The van der Waals surface area contributed by atoms with Crippen LogP contribution in [0, 0.1) is 0 Å². The van der Waals surface area contributed by atoms with Crippen molar-refractivity contribution in [3.8, 4) is 0 Å². The second-order valence-electron chi connectivity index (χ2n) is 5.00. The van der Waals surface area contributed by atoms with E-state index in [2.05, 4.69) is 31.0 Å². The topological polar surface area (TPSA) is 109 Å². The van der Waals surface area contributed by atoms with Gasteiger partial charge in [-0.2, -0.15) is 10.2 Å². The van der Waals surface area contributed by atoms with Crippen LogP contribution in [0.1, 0.15) is 30.4 Å². The number of carbonyl (C=O) groups is 2. The van der Waals surface area contributed by atoms with E-state index >= 15 is 0 Å². The summed E-state index contributed by atoms with van der Waals surface area (Å²) in [6.45, 7) is 0. The van der Waals surface area contributed by atoms with E-state index in [1.807, 2.05) is 0 Å². The van der Waals surface area contributed by atoms with Gasteiger partial charge in [-0.3, -0.25) is 19.6 Å². The fourth-order valence-corrected chi connectivity index (χ4v) is 1.78. The van der Waals surface area contributed by atoms with Gasteiger partial charge in [0.2, 0.25) is 11.8 Å². The summed E-state index contributed by atoms with van der Waals surface area (Å²) in [6, 6.07) is 7.08. The predicted octanol–water partition coefficient (Wildman–Crippen LogP) is 1.25. The Bertz CT molecular complexity index is 668. The first-order chi connectivity index (χ1) is 12.2. The zero-order valence-corrected chi connectivity index (χ0v) is 13.5. The number of amides is 2. The van der Waals surface area contributed by atoms with Crippen molar-refractivity contribution < 1.29 is 9.59 Å². The number of hydrogen-bond donors (Lipinski definition) is 2. The minimum Gasteiger partial charge on any atom is -0.273 e. The van der Waals surface area contributed by atoms with Gasteiger partial charge < -0.3 is 0 Å². The lowest BCUT2D eigenvalue weighted by atomic mass is 10.2. The van der Waals surface area contributed by atoms with Crippen molar-refractivity contribution in [3.05, 3.63) is 60.2 Å². The summed E-state index contributed by atoms with van der Waals surface area (Å²) in [7, 11) is 0. The Morgan fingerprint density at radius 3 is 1.60 bits per heavy atom. The Balaban J connectivity index is 1.59. The van der Waals surface area contributed by atoms with E-state index in [1.165, 1.54) is 12.4 Å². The molecule has 2 aromatic rings. The van der Waals surface area contributed by atoms with Crippen LogP contribution in [0.15, 0.2) is 59.3 Å². The fourth-order valence-electron chi connectivity index (χ4n) is 1.78. The summed E-state index contributed by atoms with van der Waals surface area (Å²) in [5.74, 6) is -0.503. The van der Waals surface area contributed by atoms with E-state index in [4.69, 9.17) is 0 Å². The van der Waals surface area contributed by atoms with E-state index in [0.29, 0.717) is 6.42 Å². The Kier molecular flexibility index (Phi) is 7.44. The van der Waals surface area contributed by atoms with Gasteiger partial charge in [-0.25, -0.2) is 10.9 Å². The van der Waals surface area contributed by atoms with E-state index in [0.717, 1.165) is 11.1 Å². The lowest BCUT2D eigenvalue weighted by Gasteiger charge is -2.00. The second kappa shape index (κ2) is 10.4. The molecule has 2 heterocycles. The smallest absolute Gasteiger partial charge is 0.240 e. The fraction of sp³-hybridized carbons (Fsp3) is 0.176. The predicted molar refractivity (Wildman–Crippen MR) is 93.8 cm³/mol. The van der Waals surface area contributed by atoms with Gasteiger partial charge in [0.15, 0.2) is 0 Å². The third-order valence-electron chi connectivity index (χ3n) is 3.03. The van der Waals surface area contributed by atoms with Crippen molar-refractivity contribution in [1.29, 1.82) is 0 Å². The summed E-state index contributed by atoms with van der Waals surface area (Å²) >= 11 is 0. The van der Waals surface area contributed by atoms with Crippen molar-refractivity contribution >= 4 is 24.2 Å². The molecule has 128 valence electrons. The maximum atomic E-state index is 11.6. The Labute approximate surface area is 145 Å². The molecule has 8 nitrogen and oxygen atoms in total. The molecule has 2 aromatic heterocycles. The number of pyridine rings is 2. The molecule has 0 unspecified atom stereocenters. The first kappa shape index (κ1) is 17.9. The molecule has 2 amide bonds. The number of nitrogens with one attached hydrogen (secondary N) is 2. The van der Waals surface area contributed by atoms with Gasteiger partial charge in [-0.05, 0) is 41.8 Å². The molecule has 0 aliphatic carbocycles. The van der Waals surface area contributed by atoms with Crippen molar-refractivity contribution in [2.75, 3.05) is 0 Å². The molecule has 2 N–H and O–H groups in total. The monoisotopic (exact) mass is 338 g/mol. The number of hydrazone groups is 2. The lowest BCUT2D eigenvalue weighted by Crippen LogP contribution is -2.20. The Morgan fingerprint density at radius 1 is 0.800 bits per heavy atom. The number of aromatic nitrogens is 2. The zero-order chi connectivity index (χ0) is 17.7. The van der Waals surface area contributed by atoms with Crippen LogP contribution < -0.4 is 10.9 Å². The number of nitrogens with zero attached hydrogens (tertiary/aromatic N) is 4. The van der Waals surface area contributed by atoms with Gasteiger partial charge in [0.1, 0.15) is 0 Å². The molecule has 0 radical (unpaired) electrons. The van der Waals surface area contributed by atoms with Gasteiger partial charge in [0, 0.05) is 37.6 Å². The minimum atomic E-state index is -0.251. The van der Waals surface area contributed by atoms with Gasteiger partial charge in [0.05, 0.1) is 12.4 Å². The first-order valence-electron chi connectivity index (χ1n) is 7.68. The molecule has 0 aromatic carbocycles. The number of hydrogen-bond acceptors (Lipinski definition) is 6. The van der Waals surface area contributed by atoms with E-state index in [9.17, 15) is 9.59 Å². The molecule has 0 aliphatic rings. The maximum Gasteiger partial charge on any atom is 0.240 e. The van der Waals surface area contributed by atoms with E-state index in [-0.39, 0.29) is 24.7 Å². The molecule has 0 aliphatic heterocycles. The van der Waals surface area contributed by atoms with Crippen LogP contribution in [0.3, 0.4) is 0 Å². The average molecular weight is 338 g/mol. The third-order valence-corrected chi connectivity index (χ3v) is 3.03. The van der Waals surface area contributed by atoms with Crippen LogP contribution in [0.2, 0.25) is 0 Å². The molecule has 2 rings (SSSR count). The lowest BCUT2D eigenvalue weighted by molar-refractivity contribution is -0.122. The van der Waals surface area contributed by atoms with Gasteiger partial charge in [-0.15, -0.1) is 0 Å². The van der Waals surface area contributed by atoms with Gasteiger partial charge >= 0.3 is 0 Å². The largest absolute Gasteiger partial charge is 0.273 e. The second-order valence-corrected chi connectivity index (χ2v) is 5.00. The molecular formula is C17H18N6O2. The van der Waals surface area contributed by atoms with Crippen LogP contribution in [0.5, 0.6) is 0 Å². The van der Waals surface area contributed by atoms with Crippen molar-refractivity contribution in [2.45, 2.75) is 19.3 Å². The van der Waals surface area contributed by atoms with Crippen LogP contribution in [0.4, 0.5) is 0 Å². The zero-order valence-electron chi connectivity index (χ0n) is 13.5. The molecule has 0 fully saturated rings. The number of carbonyl (C=O) groups excluding carboxylic acids is 2. The van der Waals surface area contributed by atoms with Crippen molar-refractivity contribution in [3.63, 3.8) is 0 Å². The third kappa shape index (κ3) is 7.60. The van der Waals surface area contributed by atoms with E-state index in [1.54, 1.807) is 49.1 Å². The highest BCUT2D eigenvalue weighted by Gasteiger charge is 2.03. The SMILES string of the molecule is O=C(CCCC(=O)NN=Cc1ccncc1)NN=Cc1ccncc1. The Morgan fingerprint density at radius 2 is 1.20 bits per heavy atom. The highest BCUT2D eigenvalue weighted by Crippen LogP contribution is 1.96. The normalized spacial score (nSPS) is 10.9. The summed E-state index contributed by atoms with van der Waals surface area (Å²) in [5, 5.41) is 7.68. The molecular weight excluding hydrogens is 320 g/mol. The quantitative estimate of drug-likeness (QED) is 0.557. The summed E-state index contributed by atoms with van der Waals surface area (Å²) < 4.78 is 0. The summed E-state index contributed by atoms with van der Waals surface area (Å²) in [5.41, 5.74) is 6.49. The first-order valence-corrected chi connectivity index (χ1v) is 7.68. The molecule has 25 heavy (non-hydrogen) atoms. The number of rotatable bonds is 8. The molecule has 0 bridgehead atoms. The summed E-state index contributed by atoms with van der Waals surface area (Å²) in [6.07, 6.45) is 10.4. The van der Waals surface area contributed by atoms with Crippen LogP contribution in [-0.4, -0.2) is 34.2 Å². The molecule has 0 atom stereocenters. The van der Waals surface area contributed by atoms with E-state index < -0.39 is 0 Å². The molecule has 0 spiro atoms. The molecule has 0 saturated heterocycles. The Hall–Kier alpha value is -3.42. The average Bonchev–Trinajstić information content (AvgIpc) is 2.63. The van der Waals surface area contributed by atoms with Crippen molar-refractivity contribution in [2.24, 2.45) is 10.2 Å².